The van der Waals surface area contributed by atoms with Gasteiger partial charge in [0.1, 0.15) is 23.4 Å². The average molecular weight is 216 g/mol. The smallest absolute Gasteiger partial charge is 0.140 e. The van der Waals surface area contributed by atoms with Crippen LogP contribution in [0.1, 0.15) is 5.56 Å². The zero-order valence-electron chi connectivity index (χ0n) is 8.61. The first-order chi connectivity index (χ1) is 7.63. The van der Waals surface area contributed by atoms with Crippen molar-refractivity contribution >= 4 is 5.82 Å². The van der Waals surface area contributed by atoms with E-state index in [1.165, 1.54) is 12.1 Å². The van der Waals surface area contributed by atoms with Crippen LogP contribution >= 0.6 is 0 Å². The molecule has 2 aromatic rings. The number of benzene rings is 1. The van der Waals surface area contributed by atoms with Gasteiger partial charge in [-0.3, -0.25) is 0 Å². The fraction of sp³-hybridized carbons (Fsp3) is 0.0909. The number of nitrogen functional groups attached to an aromatic ring is 1. The predicted octanol–water partition coefficient (Wildman–Crippen LogP) is 1.68. The second kappa shape index (κ2) is 3.66. The topological polar surface area (TPSA) is 67.6 Å². The third-order valence-corrected chi connectivity index (χ3v) is 2.34. The minimum atomic E-state index is -0.541. The fourth-order valence-electron chi connectivity index (χ4n) is 1.42. The Bertz CT molecular complexity index is 580. The molecule has 0 unspecified atom stereocenters. The maximum atomic E-state index is 13.1. The van der Waals surface area contributed by atoms with Crippen molar-refractivity contribution in [2.75, 3.05) is 5.73 Å². The van der Waals surface area contributed by atoms with Crippen molar-refractivity contribution in [1.29, 1.82) is 5.26 Å². The molecular weight excluding hydrogens is 207 g/mol. The number of nitrogens with two attached hydrogens (primary N) is 1. The van der Waals surface area contributed by atoms with Gasteiger partial charge in [0.25, 0.3) is 0 Å². The lowest BCUT2D eigenvalue weighted by Crippen LogP contribution is -1.96. The van der Waals surface area contributed by atoms with Crippen LogP contribution in [0.15, 0.2) is 24.5 Å². The van der Waals surface area contributed by atoms with E-state index in [1.807, 2.05) is 0 Å². The molecule has 5 heteroatoms. The van der Waals surface area contributed by atoms with E-state index in [-0.39, 0.29) is 5.56 Å². The molecule has 0 atom stereocenters. The van der Waals surface area contributed by atoms with Crippen molar-refractivity contribution in [2.45, 2.75) is 0 Å². The number of halogens is 1. The van der Waals surface area contributed by atoms with Gasteiger partial charge in [0.05, 0.1) is 11.9 Å². The van der Waals surface area contributed by atoms with Gasteiger partial charge in [-0.15, -0.1) is 0 Å². The zero-order chi connectivity index (χ0) is 11.7. The third kappa shape index (κ3) is 1.50. The molecule has 0 saturated carbocycles. The monoisotopic (exact) mass is 216 g/mol. The van der Waals surface area contributed by atoms with Gasteiger partial charge in [0, 0.05) is 12.6 Å². The molecule has 4 nitrogen and oxygen atoms in total. The Morgan fingerprint density at radius 2 is 2.25 bits per heavy atom. The Balaban J connectivity index is 2.58. The number of aromatic nitrogens is 2. The number of hydrogen-bond acceptors (Lipinski definition) is 3. The van der Waals surface area contributed by atoms with Crippen LogP contribution in [0.25, 0.3) is 11.3 Å². The number of anilines is 1. The highest BCUT2D eigenvalue weighted by atomic mass is 19.1. The van der Waals surface area contributed by atoms with Crippen LogP contribution in [0.3, 0.4) is 0 Å². The molecule has 0 saturated heterocycles. The van der Waals surface area contributed by atoms with Crippen LogP contribution in [0.5, 0.6) is 0 Å². The Morgan fingerprint density at radius 1 is 1.50 bits per heavy atom. The van der Waals surface area contributed by atoms with E-state index >= 15 is 0 Å². The summed E-state index contributed by atoms with van der Waals surface area (Å²) in [6.07, 6.45) is 1.57. The average Bonchev–Trinajstić information content (AvgIpc) is 2.61. The number of imidazole rings is 1. The lowest BCUT2D eigenvalue weighted by molar-refractivity contribution is 0.624. The standard InChI is InChI=1S/C11H9FN4/c1-16-6-15-10(11(16)14)7-2-3-9(12)8(4-7)5-13/h2-4,6H,14H2,1H3. The Kier molecular flexibility index (Phi) is 2.33. The summed E-state index contributed by atoms with van der Waals surface area (Å²) in [5, 5.41) is 8.72. The van der Waals surface area contributed by atoms with Gasteiger partial charge in [-0.2, -0.15) is 5.26 Å². The van der Waals surface area contributed by atoms with E-state index < -0.39 is 5.82 Å². The van der Waals surface area contributed by atoms with Gasteiger partial charge in [-0.25, -0.2) is 9.37 Å². The predicted molar refractivity (Wildman–Crippen MR) is 57.7 cm³/mol. The lowest BCUT2D eigenvalue weighted by Gasteiger charge is -2.01. The minimum absolute atomic E-state index is 0.0115. The fourth-order valence-corrected chi connectivity index (χ4v) is 1.42. The van der Waals surface area contributed by atoms with E-state index in [1.54, 1.807) is 30.1 Å². The molecule has 1 aromatic heterocycles. The van der Waals surface area contributed by atoms with Crippen LogP contribution in [-0.2, 0) is 7.05 Å². The Labute approximate surface area is 91.8 Å². The SMILES string of the molecule is Cn1cnc(-c2ccc(F)c(C#N)c2)c1N. The number of nitrogens with zero attached hydrogens (tertiary/aromatic N) is 3. The molecule has 0 bridgehead atoms. The summed E-state index contributed by atoms with van der Waals surface area (Å²) in [7, 11) is 1.76. The van der Waals surface area contributed by atoms with Crippen molar-refractivity contribution in [3.63, 3.8) is 0 Å². The molecule has 16 heavy (non-hydrogen) atoms. The van der Waals surface area contributed by atoms with E-state index in [0.29, 0.717) is 17.1 Å². The number of hydrogen-bond donors (Lipinski definition) is 1. The first kappa shape index (κ1) is 10.2. The maximum absolute atomic E-state index is 13.1. The summed E-state index contributed by atoms with van der Waals surface area (Å²) in [6.45, 7) is 0. The summed E-state index contributed by atoms with van der Waals surface area (Å²) in [5.74, 6) is -0.0590. The molecule has 2 N–H and O–H groups in total. The molecule has 0 aliphatic carbocycles. The van der Waals surface area contributed by atoms with Crippen molar-refractivity contribution in [3.8, 4) is 17.3 Å². The second-order valence-electron chi connectivity index (χ2n) is 3.40. The van der Waals surface area contributed by atoms with Crippen LogP contribution in [0.4, 0.5) is 10.2 Å². The molecule has 0 aliphatic rings. The van der Waals surface area contributed by atoms with E-state index in [4.69, 9.17) is 11.0 Å². The van der Waals surface area contributed by atoms with Gasteiger partial charge in [0.15, 0.2) is 0 Å². The van der Waals surface area contributed by atoms with Crippen LogP contribution in [0, 0.1) is 17.1 Å². The van der Waals surface area contributed by atoms with Crippen molar-refractivity contribution < 1.29 is 4.39 Å². The van der Waals surface area contributed by atoms with Gasteiger partial charge in [-0.1, -0.05) is 0 Å². The summed E-state index contributed by atoms with van der Waals surface area (Å²) < 4.78 is 14.8. The van der Waals surface area contributed by atoms with E-state index in [0.717, 1.165) is 0 Å². The largest absolute Gasteiger partial charge is 0.383 e. The second-order valence-corrected chi connectivity index (χ2v) is 3.40. The molecule has 0 fully saturated rings. The number of nitriles is 1. The lowest BCUT2D eigenvalue weighted by atomic mass is 10.1. The first-order valence-corrected chi connectivity index (χ1v) is 4.60. The van der Waals surface area contributed by atoms with Crippen LogP contribution in [-0.4, -0.2) is 9.55 Å². The molecule has 0 radical (unpaired) electrons. The molecule has 1 heterocycles. The molecule has 0 aliphatic heterocycles. The van der Waals surface area contributed by atoms with Crippen LogP contribution in [0.2, 0.25) is 0 Å². The van der Waals surface area contributed by atoms with Crippen molar-refractivity contribution in [2.24, 2.45) is 7.05 Å². The van der Waals surface area contributed by atoms with Crippen molar-refractivity contribution in [1.82, 2.24) is 9.55 Å². The Morgan fingerprint density at radius 3 is 2.81 bits per heavy atom. The molecule has 2 rings (SSSR count). The van der Waals surface area contributed by atoms with E-state index in [9.17, 15) is 4.39 Å². The summed E-state index contributed by atoms with van der Waals surface area (Å²) in [6, 6.07) is 6.01. The molecule has 1 aromatic carbocycles. The number of aryl methyl sites for hydroxylation is 1. The Hall–Kier alpha value is -2.35. The first-order valence-electron chi connectivity index (χ1n) is 4.60. The van der Waals surface area contributed by atoms with Gasteiger partial charge in [0.2, 0.25) is 0 Å². The van der Waals surface area contributed by atoms with Gasteiger partial charge in [-0.05, 0) is 18.2 Å². The normalized spacial score (nSPS) is 10.1. The van der Waals surface area contributed by atoms with Gasteiger partial charge < -0.3 is 10.3 Å². The molecular formula is C11H9FN4. The summed E-state index contributed by atoms with van der Waals surface area (Å²) in [5.41, 5.74) is 6.97. The highest BCUT2D eigenvalue weighted by Gasteiger charge is 2.10. The highest BCUT2D eigenvalue weighted by Crippen LogP contribution is 2.25. The molecule has 80 valence electrons. The van der Waals surface area contributed by atoms with E-state index in [2.05, 4.69) is 4.98 Å². The quantitative estimate of drug-likeness (QED) is 0.788. The zero-order valence-corrected chi connectivity index (χ0v) is 8.61. The highest BCUT2D eigenvalue weighted by molar-refractivity contribution is 5.71. The summed E-state index contributed by atoms with van der Waals surface area (Å²) >= 11 is 0. The number of rotatable bonds is 1. The maximum Gasteiger partial charge on any atom is 0.140 e. The summed E-state index contributed by atoms with van der Waals surface area (Å²) in [4.78, 5) is 4.10. The molecule has 0 spiro atoms. The third-order valence-electron chi connectivity index (χ3n) is 2.34. The van der Waals surface area contributed by atoms with Crippen molar-refractivity contribution in [3.05, 3.63) is 35.9 Å². The minimum Gasteiger partial charge on any atom is -0.383 e. The van der Waals surface area contributed by atoms with Gasteiger partial charge >= 0.3 is 0 Å². The molecule has 0 amide bonds. The van der Waals surface area contributed by atoms with Crippen LogP contribution < -0.4 is 5.73 Å².